The van der Waals surface area contributed by atoms with Crippen molar-refractivity contribution in [3.63, 3.8) is 0 Å². The van der Waals surface area contributed by atoms with Crippen molar-refractivity contribution in [2.24, 2.45) is 0 Å². The van der Waals surface area contributed by atoms with Crippen LogP contribution in [0.1, 0.15) is 12.0 Å². The Kier molecular flexibility index (Phi) is 4.11. The topological polar surface area (TPSA) is 72.2 Å². The highest BCUT2D eigenvalue weighted by Crippen LogP contribution is 2.07. The van der Waals surface area contributed by atoms with E-state index >= 15 is 0 Å². The second-order valence-corrected chi connectivity index (χ2v) is 5.34. The fourth-order valence-electron chi connectivity index (χ4n) is 1.23. The average molecular weight is 228 g/mol. The maximum atomic E-state index is 10.8. The lowest BCUT2D eigenvalue weighted by Gasteiger charge is -2.03. The lowest BCUT2D eigenvalue weighted by molar-refractivity contribution is 0.585. The molecule has 0 aromatic heterocycles. The second kappa shape index (κ2) is 5.14. The Morgan fingerprint density at radius 2 is 1.87 bits per heavy atom. The fourth-order valence-corrected chi connectivity index (χ4v) is 1.75. The van der Waals surface area contributed by atoms with Crippen LogP contribution in [0.4, 0.5) is 5.69 Å². The summed E-state index contributed by atoms with van der Waals surface area (Å²) in [6, 6.07) is 7.60. The van der Waals surface area contributed by atoms with E-state index in [0.717, 1.165) is 24.8 Å². The summed E-state index contributed by atoms with van der Waals surface area (Å²) >= 11 is 0. The first-order valence-electron chi connectivity index (χ1n) is 4.76. The van der Waals surface area contributed by atoms with Crippen LogP contribution >= 0.6 is 0 Å². The molecule has 15 heavy (non-hydrogen) atoms. The van der Waals surface area contributed by atoms with Gasteiger partial charge in [0.2, 0.25) is 10.0 Å². The highest BCUT2D eigenvalue weighted by molar-refractivity contribution is 7.88. The van der Waals surface area contributed by atoms with E-state index in [1.807, 2.05) is 24.3 Å². The summed E-state index contributed by atoms with van der Waals surface area (Å²) in [6.07, 6.45) is 2.80. The van der Waals surface area contributed by atoms with Crippen LogP contribution in [0.25, 0.3) is 0 Å². The zero-order chi connectivity index (χ0) is 11.3. The summed E-state index contributed by atoms with van der Waals surface area (Å²) in [5.74, 6) is 0. The lowest BCUT2D eigenvalue weighted by atomic mass is 10.1. The Morgan fingerprint density at radius 3 is 2.40 bits per heavy atom. The van der Waals surface area contributed by atoms with Crippen molar-refractivity contribution in [3.8, 4) is 0 Å². The molecule has 0 amide bonds. The summed E-state index contributed by atoms with van der Waals surface area (Å²) in [6.45, 7) is 0.475. The van der Waals surface area contributed by atoms with Gasteiger partial charge < -0.3 is 5.73 Å². The van der Waals surface area contributed by atoms with Gasteiger partial charge in [-0.3, -0.25) is 0 Å². The number of nitrogen functional groups attached to an aromatic ring is 1. The Bertz CT molecular complexity index is 398. The van der Waals surface area contributed by atoms with Gasteiger partial charge in [-0.2, -0.15) is 0 Å². The number of hydrogen-bond donors (Lipinski definition) is 2. The van der Waals surface area contributed by atoms with Gasteiger partial charge in [0.05, 0.1) is 6.26 Å². The molecular formula is C10H16N2O2S. The maximum absolute atomic E-state index is 10.8. The van der Waals surface area contributed by atoms with Crippen molar-refractivity contribution in [2.75, 3.05) is 18.5 Å². The first-order valence-corrected chi connectivity index (χ1v) is 6.65. The zero-order valence-corrected chi connectivity index (χ0v) is 9.55. The Hall–Kier alpha value is -1.07. The van der Waals surface area contributed by atoms with Crippen molar-refractivity contribution in [1.29, 1.82) is 0 Å². The molecule has 4 nitrogen and oxygen atoms in total. The minimum atomic E-state index is -3.06. The van der Waals surface area contributed by atoms with Crippen LogP contribution in [0, 0.1) is 0 Å². The first kappa shape index (κ1) is 12.0. The third-order valence-corrected chi connectivity index (χ3v) is 2.71. The van der Waals surface area contributed by atoms with Crippen molar-refractivity contribution >= 4 is 15.7 Å². The van der Waals surface area contributed by atoms with Crippen molar-refractivity contribution in [2.45, 2.75) is 12.8 Å². The molecule has 1 rings (SSSR count). The largest absolute Gasteiger partial charge is 0.399 e. The number of nitrogens with two attached hydrogens (primary N) is 1. The maximum Gasteiger partial charge on any atom is 0.208 e. The number of sulfonamides is 1. The Balaban J connectivity index is 2.29. The summed E-state index contributed by atoms with van der Waals surface area (Å²) in [5, 5.41) is 0. The van der Waals surface area contributed by atoms with Crippen molar-refractivity contribution in [1.82, 2.24) is 4.72 Å². The number of aryl methyl sites for hydroxylation is 1. The molecule has 1 aromatic rings. The van der Waals surface area contributed by atoms with Crippen LogP contribution in [-0.4, -0.2) is 21.2 Å². The fraction of sp³-hybridized carbons (Fsp3) is 0.400. The molecule has 5 heteroatoms. The molecule has 84 valence electrons. The van der Waals surface area contributed by atoms with Crippen LogP contribution in [0.2, 0.25) is 0 Å². The molecule has 1 aromatic carbocycles. The average Bonchev–Trinajstić information content (AvgIpc) is 2.14. The predicted octanol–water partition coefficient (Wildman–Crippen LogP) is 0.751. The monoisotopic (exact) mass is 228 g/mol. The molecule has 0 saturated heterocycles. The summed E-state index contributed by atoms with van der Waals surface area (Å²) in [4.78, 5) is 0. The zero-order valence-electron chi connectivity index (χ0n) is 8.73. The lowest BCUT2D eigenvalue weighted by Crippen LogP contribution is -2.23. The molecule has 0 atom stereocenters. The second-order valence-electron chi connectivity index (χ2n) is 3.51. The van der Waals surface area contributed by atoms with Gasteiger partial charge in [0.15, 0.2) is 0 Å². The molecule has 0 aliphatic carbocycles. The third-order valence-electron chi connectivity index (χ3n) is 1.99. The van der Waals surface area contributed by atoms with E-state index in [4.69, 9.17) is 5.73 Å². The Morgan fingerprint density at radius 1 is 1.27 bits per heavy atom. The number of benzene rings is 1. The molecule has 0 saturated carbocycles. The standard InChI is InChI=1S/C10H16N2O2S/c1-15(13,14)12-8-2-3-9-4-6-10(11)7-5-9/h4-7,12H,2-3,8,11H2,1H3. The van der Waals surface area contributed by atoms with Gasteiger partial charge >= 0.3 is 0 Å². The van der Waals surface area contributed by atoms with Crippen LogP contribution < -0.4 is 10.5 Å². The number of anilines is 1. The van der Waals surface area contributed by atoms with Gasteiger partial charge in [-0.25, -0.2) is 13.1 Å². The first-order chi connectivity index (χ1) is 6.97. The van der Waals surface area contributed by atoms with E-state index in [9.17, 15) is 8.42 Å². The summed E-state index contributed by atoms with van der Waals surface area (Å²) in [5.41, 5.74) is 7.46. The third kappa shape index (κ3) is 5.39. The number of hydrogen-bond acceptors (Lipinski definition) is 3. The normalized spacial score (nSPS) is 11.5. The molecule has 0 fully saturated rings. The van der Waals surface area contributed by atoms with Crippen LogP contribution in [0.15, 0.2) is 24.3 Å². The highest BCUT2D eigenvalue weighted by atomic mass is 32.2. The van der Waals surface area contributed by atoms with Gasteiger partial charge in [0.25, 0.3) is 0 Å². The van der Waals surface area contributed by atoms with E-state index in [1.54, 1.807) is 0 Å². The van der Waals surface area contributed by atoms with Gasteiger partial charge in [-0.05, 0) is 30.5 Å². The molecular weight excluding hydrogens is 212 g/mol. The molecule has 0 unspecified atom stereocenters. The molecule has 0 aliphatic rings. The van der Waals surface area contributed by atoms with Crippen molar-refractivity contribution < 1.29 is 8.42 Å². The number of nitrogens with one attached hydrogen (secondary N) is 1. The van der Waals surface area contributed by atoms with Crippen LogP contribution in [-0.2, 0) is 16.4 Å². The van der Waals surface area contributed by atoms with Crippen LogP contribution in [0.3, 0.4) is 0 Å². The van der Waals surface area contributed by atoms with Crippen molar-refractivity contribution in [3.05, 3.63) is 29.8 Å². The number of rotatable bonds is 5. The molecule has 0 bridgehead atoms. The van der Waals surface area contributed by atoms with E-state index in [2.05, 4.69) is 4.72 Å². The quantitative estimate of drug-likeness (QED) is 0.577. The Labute approximate surface area is 90.5 Å². The molecule has 0 heterocycles. The smallest absolute Gasteiger partial charge is 0.208 e. The minimum Gasteiger partial charge on any atom is -0.399 e. The van der Waals surface area contributed by atoms with Gasteiger partial charge in [0.1, 0.15) is 0 Å². The highest BCUT2D eigenvalue weighted by Gasteiger charge is 1.99. The van der Waals surface area contributed by atoms with Gasteiger partial charge in [-0.1, -0.05) is 12.1 Å². The summed E-state index contributed by atoms with van der Waals surface area (Å²) in [7, 11) is -3.06. The van der Waals surface area contributed by atoms with E-state index in [1.165, 1.54) is 5.56 Å². The molecule has 3 N–H and O–H groups in total. The van der Waals surface area contributed by atoms with Gasteiger partial charge in [-0.15, -0.1) is 0 Å². The molecule has 0 aliphatic heterocycles. The summed E-state index contributed by atoms with van der Waals surface area (Å²) < 4.78 is 24.0. The van der Waals surface area contributed by atoms with E-state index in [0.29, 0.717) is 6.54 Å². The predicted molar refractivity (Wildman–Crippen MR) is 62.0 cm³/mol. The van der Waals surface area contributed by atoms with E-state index in [-0.39, 0.29) is 0 Å². The molecule has 0 spiro atoms. The SMILES string of the molecule is CS(=O)(=O)NCCCc1ccc(N)cc1. The van der Waals surface area contributed by atoms with Gasteiger partial charge in [0, 0.05) is 12.2 Å². The minimum absolute atomic E-state index is 0.475. The molecule has 0 radical (unpaired) electrons. The van der Waals surface area contributed by atoms with Crippen LogP contribution in [0.5, 0.6) is 0 Å². The van der Waals surface area contributed by atoms with E-state index < -0.39 is 10.0 Å².